The lowest BCUT2D eigenvalue weighted by Gasteiger charge is -2.09. The normalized spacial score (nSPS) is 11.3. The number of halogens is 3. The van der Waals surface area contributed by atoms with Gasteiger partial charge in [-0.25, -0.2) is 4.98 Å². The summed E-state index contributed by atoms with van der Waals surface area (Å²) >= 11 is 0. The molecule has 0 aromatic carbocycles. The molecule has 2 aromatic heterocycles. The molecule has 0 unspecified atom stereocenters. The number of nitrogens with zero attached hydrogens (tertiary/aromatic N) is 1. The first-order valence-electron chi connectivity index (χ1n) is 6.57. The summed E-state index contributed by atoms with van der Waals surface area (Å²) in [6.45, 7) is -1.14. The van der Waals surface area contributed by atoms with Crippen LogP contribution in [0.3, 0.4) is 0 Å². The molecule has 2 rings (SSSR count). The Morgan fingerprint density at radius 2 is 2.17 bits per heavy atom. The van der Waals surface area contributed by atoms with Crippen molar-refractivity contribution in [3.8, 4) is 5.88 Å². The highest BCUT2D eigenvalue weighted by Gasteiger charge is 2.28. The fraction of sp³-hybridized carbons (Fsp3) is 0.286. The van der Waals surface area contributed by atoms with Gasteiger partial charge in [0.05, 0.1) is 12.1 Å². The van der Waals surface area contributed by atoms with E-state index in [4.69, 9.17) is 10.2 Å². The first-order valence-corrected chi connectivity index (χ1v) is 6.57. The highest BCUT2D eigenvalue weighted by Crippen LogP contribution is 2.17. The molecule has 0 bridgehead atoms. The van der Waals surface area contributed by atoms with E-state index in [9.17, 15) is 18.0 Å². The Bertz CT molecular complexity index is 671. The second-order valence-electron chi connectivity index (χ2n) is 4.59. The van der Waals surface area contributed by atoms with Gasteiger partial charge in [-0.1, -0.05) is 0 Å². The molecule has 0 saturated carbocycles. The first kappa shape index (κ1) is 16.8. The minimum Gasteiger partial charge on any atom is -0.468 e. The summed E-state index contributed by atoms with van der Waals surface area (Å²) in [6.07, 6.45) is -1.85. The van der Waals surface area contributed by atoms with Crippen LogP contribution in [0.25, 0.3) is 0 Å². The van der Waals surface area contributed by atoms with Crippen molar-refractivity contribution in [3.63, 3.8) is 0 Å². The lowest BCUT2D eigenvalue weighted by Crippen LogP contribution is -2.22. The van der Waals surface area contributed by atoms with Gasteiger partial charge in [0.1, 0.15) is 12.0 Å². The number of rotatable bonds is 6. The summed E-state index contributed by atoms with van der Waals surface area (Å²) in [7, 11) is 0. The third kappa shape index (κ3) is 5.29. The van der Waals surface area contributed by atoms with Crippen molar-refractivity contribution in [2.75, 3.05) is 6.61 Å². The highest BCUT2D eigenvalue weighted by molar-refractivity contribution is 5.93. The Morgan fingerprint density at radius 1 is 1.39 bits per heavy atom. The van der Waals surface area contributed by atoms with E-state index >= 15 is 0 Å². The topological polar surface area (TPSA) is 90.4 Å². The van der Waals surface area contributed by atoms with E-state index in [1.165, 1.54) is 24.6 Å². The summed E-state index contributed by atoms with van der Waals surface area (Å²) in [4.78, 5) is 15.6. The van der Waals surface area contributed by atoms with Crippen LogP contribution in [0.2, 0.25) is 0 Å². The van der Waals surface area contributed by atoms with Gasteiger partial charge in [0.2, 0.25) is 5.88 Å². The van der Waals surface area contributed by atoms with Crippen LogP contribution in [0, 0.1) is 0 Å². The van der Waals surface area contributed by atoms with Crippen LogP contribution in [0.1, 0.15) is 21.7 Å². The average molecular weight is 329 g/mol. The average Bonchev–Trinajstić information content (AvgIpc) is 2.99. The number of amides is 1. The molecule has 9 heteroatoms. The SMILES string of the molecule is NCc1cc(C(=O)NCc2ccnc(OCC(F)(F)F)c2)co1. The molecule has 0 aliphatic carbocycles. The smallest absolute Gasteiger partial charge is 0.422 e. The minimum absolute atomic E-state index is 0.104. The van der Waals surface area contributed by atoms with E-state index in [1.807, 2.05) is 0 Å². The minimum atomic E-state index is -4.44. The second-order valence-corrected chi connectivity index (χ2v) is 4.59. The van der Waals surface area contributed by atoms with Gasteiger partial charge >= 0.3 is 6.18 Å². The van der Waals surface area contributed by atoms with E-state index in [0.717, 1.165) is 0 Å². The van der Waals surface area contributed by atoms with Crippen LogP contribution < -0.4 is 15.8 Å². The molecule has 1 amide bonds. The van der Waals surface area contributed by atoms with Crippen molar-refractivity contribution in [3.05, 3.63) is 47.5 Å². The van der Waals surface area contributed by atoms with Crippen molar-refractivity contribution in [2.45, 2.75) is 19.3 Å². The molecule has 2 heterocycles. The van der Waals surface area contributed by atoms with Gasteiger partial charge in [0.15, 0.2) is 6.61 Å². The lowest BCUT2D eigenvalue weighted by atomic mass is 10.2. The Morgan fingerprint density at radius 3 is 2.83 bits per heavy atom. The summed E-state index contributed by atoms with van der Waals surface area (Å²) in [5.41, 5.74) is 6.24. The van der Waals surface area contributed by atoms with Gasteiger partial charge in [-0.05, 0) is 17.7 Å². The van der Waals surface area contributed by atoms with E-state index in [2.05, 4.69) is 15.0 Å². The van der Waals surface area contributed by atoms with Gasteiger partial charge in [0, 0.05) is 18.8 Å². The zero-order chi connectivity index (χ0) is 16.9. The van der Waals surface area contributed by atoms with Crippen molar-refractivity contribution < 1.29 is 27.1 Å². The Balaban J connectivity index is 1.91. The maximum absolute atomic E-state index is 12.1. The zero-order valence-corrected chi connectivity index (χ0v) is 11.9. The van der Waals surface area contributed by atoms with Gasteiger partial charge in [-0.3, -0.25) is 4.79 Å². The number of hydrogen-bond acceptors (Lipinski definition) is 5. The van der Waals surface area contributed by atoms with E-state index in [1.54, 1.807) is 6.07 Å². The molecule has 6 nitrogen and oxygen atoms in total. The molecule has 0 aliphatic heterocycles. The molecule has 0 aliphatic rings. The summed E-state index contributed by atoms with van der Waals surface area (Å²) < 4.78 is 45.9. The summed E-state index contributed by atoms with van der Waals surface area (Å²) in [5, 5.41) is 2.61. The lowest BCUT2D eigenvalue weighted by molar-refractivity contribution is -0.154. The number of furan rings is 1. The maximum Gasteiger partial charge on any atom is 0.422 e. The van der Waals surface area contributed by atoms with Crippen LogP contribution in [-0.4, -0.2) is 23.7 Å². The predicted molar refractivity (Wildman–Crippen MR) is 73.6 cm³/mol. The van der Waals surface area contributed by atoms with E-state index in [-0.39, 0.29) is 24.9 Å². The number of nitrogens with two attached hydrogens (primary N) is 1. The Labute approximate surface area is 129 Å². The fourth-order valence-corrected chi connectivity index (χ4v) is 1.69. The van der Waals surface area contributed by atoms with Crippen molar-refractivity contribution in [1.29, 1.82) is 0 Å². The van der Waals surface area contributed by atoms with E-state index < -0.39 is 12.8 Å². The number of carbonyl (C=O) groups is 1. The quantitative estimate of drug-likeness (QED) is 0.846. The monoisotopic (exact) mass is 329 g/mol. The van der Waals surface area contributed by atoms with Crippen LogP contribution in [0.5, 0.6) is 5.88 Å². The molecule has 0 fully saturated rings. The predicted octanol–water partition coefficient (Wildman–Crippen LogP) is 2.00. The number of carbonyl (C=O) groups excluding carboxylic acids is 1. The Hall–Kier alpha value is -2.55. The third-order valence-electron chi connectivity index (χ3n) is 2.75. The number of aromatic nitrogens is 1. The molecule has 0 spiro atoms. The molecule has 124 valence electrons. The van der Waals surface area contributed by atoms with Crippen LogP contribution >= 0.6 is 0 Å². The first-order chi connectivity index (χ1) is 10.9. The summed E-state index contributed by atoms with van der Waals surface area (Å²) in [5.74, 6) is -0.0762. The van der Waals surface area contributed by atoms with Gasteiger partial charge in [0.25, 0.3) is 5.91 Å². The van der Waals surface area contributed by atoms with Gasteiger partial charge in [-0.2, -0.15) is 13.2 Å². The molecule has 0 radical (unpaired) electrons. The zero-order valence-electron chi connectivity index (χ0n) is 11.9. The van der Waals surface area contributed by atoms with Crippen LogP contribution in [0.15, 0.2) is 35.1 Å². The molecule has 23 heavy (non-hydrogen) atoms. The van der Waals surface area contributed by atoms with Crippen LogP contribution in [0.4, 0.5) is 13.2 Å². The molecule has 0 saturated heterocycles. The second kappa shape index (κ2) is 7.14. The number of nitrogens with one attached hydrogen (secondary N) is 1. The van der Waals surface area contributed by atoms with Crippen molar-refractivity contribution in [2.24, 2.45) is 5.73 Å². The maximum atomic E-state index is 12.1. The van der Waals surface area contributed by atoms with Crippen molar-refractivity contribution in [1.82, 2.24) is 10.3 Å². The number of pyridine rings is 1. The van der Waals surface area contributed by atoms with Gasteiger partial charge in [-0.15, -0.1) is 0 Å². The van der Waals surface area contributed by atoms with Crippen LogP contribution in [-0.2, 0) is 13.1 Å². The molecule has 3 N–H and O–H groups in total. The summed E-state index contributed by atoms with van der Waals surface area (Å²) in [6, 6.07) is 4.40. The largest absolute Gasteiger partial charge is 0.468 e. The van der Waals surface area contributed by atoms with Gasteiger partial charge < -0.3 is 20.2 Å². The number of ether oxygens (including phenoxy) is 1. The highest BCUT2D eigenvalue weighted by atomic mass is 19.4. The van der Waals surface area contributed by atoms with E-state index in [0.29, 0.717) is 16.9 Å². The molecular weight excluding hydrogens is 315 g/mol. The third-order valence-corrected chi connectivity index (χ3v) is 2.75. The number of hydrogen-bond donors (Lipinski definition) is 2. The Kier molecular flexibility index (Phi) is 5.22. The van der Waals surface area contributed by atoms with Crippen molar-refractivity contribution >= 4 is 5.91 Å². The molecular formula is C14H14F3N3O3. The fourth-order valence-electron chi connectivity index (χ4n) is 1.69. The molecule has 0 atom stereocenters. The standard InChI is InChI=1S/C14H14F3N3O3/c15-14(16,17)8-23-12-3-9(1-2-19-12)6-20-13(21)10-4-11(5-18)22-7-10/h1-4,7H,5-6,8,18H2,(H,20,21). The molecule has 2 aromatic rings. The number of alkyl halides is 3.